The largest absolute Gasteiger partial charge is 0.279 e. The molecule has 0 aliphatic heterocycles. The lowest BCUT2D eigenvalue weighted by Gasteiger charge is -2.18. The summed E-state index contributed by atoms with van der Waals surface area (Å²) in [6.45, 7) is 7.54. The third-order valence-corrected chi connectivity index (χ3v) is 7.07. The Morgan fingerprint density at radius 2 is 1.79 bits per heavy atom. The Hall–Kier alpha value is -1.26. The predicted molar refractivity (Wildman–Crippen MR) is 101 cm³/mol. The van der Waals surface area contributed by atoms with Crippen LogP contribution < -0.4 is 0 Å². The third kappa shape index (κ3) is 3.27. The number of aryl methyl sites for hydroxylation is 1. The second-order valence-corrected chi connectivity index (χ2v) is 8.32. The fourth-order valence-corrected chi connectivity index (χ4v) is 5.07. The number of benzene rings is 1. The molecule has 1 aromatic carbocycles. The van der Waals surface area contributed by atoms with Crippen molar-refractivity contribution in [1.29, 1.82) is 0 Å². The maximum atomic E-state index is 12.8. The molecule has 0 unspecified atom stereocenters. The number of aromatic nitrogens is 2. The molecule has 0 radical (unpaired) electrons. The zero-order chi connectivity index (χ0) is 18.1. The van der Waals surface area contributed by atoms with Crippen molar-refractivity contribution in [3.8, 4) is 0 Å². The summed E-state index contributed by atoms with van der Waals surface area (Å²) >= 11 is 2.08. The van der Waals surface area contributed by atoms with Crippen LogP contribution in [0.3, 0.4) is 0 Å². The molecular formula is C16H20IN3O3S. The van der Waals surface area contributed by atoms with Gasteiger partial charge in [0.15, 0.2) is 0 Å². The van der Waals surface area contributed by atoms with Gasteiger partial charge in [-0.3, -0.25) is 4.79 Å². The number of sulfonamides is 1. The van der Waals surface area contributed by atoms with Crippen molar-refractivity contribution in [3.05, 3.63) is 44.8 Å². The monoisotopic (exact) mass is 461 g/mol. The van der Waals surface area contributed by atoms with Gasteiger partial charge in [-0.25, -0.2) is 8.42 Å². The van der Waals surface area contributed by atoms with Crippen LogP contribution in [0.4, 0.5) is 0 Å². The second kappa shape index (κ2) is 7.32. The van der Waals surface area contributed by atoms with E-state index in [1.54, 1.807) is 39.8 Å². The lowest BCUT2D eigenvalue weighted by Crippen LogP contribution is -2.31. The lowest BCUT2D eigenvalue weighted by molar-refractivity contribution is 0.0941. The van der Waals surface area contributed by atoms with Crippen molar-refractivity contribution in [2.45, 2.75) is 32.6 Å². The first kappa shape index (κ1) is 19.1. The average molecular weight is 461 g/mol. The van der Waals surface area contributed by atoms with Gasteiger partial charge < -0.3 is 0 Å². The summed E-state index contributed by atoms with van der Waals surface area (Å²) in [5.41, 5.74) is 1.17. The van der Waals surface area contributed by atoms with Crippen molar-refractivity contribution < 1.29 is 13.2 Å². The van der Waals surface area contributed by atoms with E-state index in [-0.39, 0.29) is 10.8 Å². The molecular weight excluding hydrogens is 441 g/mol. The van der Waals surface area contributed by atoms with Gasteiger partial charge >= 0.3 is 0 Å². The summed E-state index contributed by atoms with van der Waals surface area (Å²) in [5, 5.41) is 4.20. The van der Waals surface area contributed by atoms with Crippen LogP contribution >= 0.6 is 22.6 Å². The number of halogens is 1. The van der Waals surface area contributed by atoms with Gasteiger partial charge in [0, 0.05) is 16.7 Å². The highest BCUT2D eigenvalue weighted by Gasteiger charge is 2.31. The van der Waals surface area contributed by atoms with Crippen LogP contribution in [0.15, 0.2) is 29.2 Å². The Morgan fingerprint density at radius 1 is 1.21 bits per heavy atom. The van der Waals surface area contributed by atoms with Crippen LogP contribution in [-0.2, 0) is 10.0 Å². The quantitative estimate of drug-likeness (QED) is 0.643. The van der Waals surface area contributed by atoms with E-state index in [9.17, 15) is 13.2 Å². The second-order valence-electron chi connectivity index (χ2n) is 5.29. The third-order valence-electron chi connectivity index (χ3n) is 3.82. The first-order valence-corrected chi connectivity index (χ1v) is 10.1. The van der Waals surface area contributed by atoms with Crippen LogP contribution in [0.5, 0.6) is 0 Å². The van der Waals surface area contributed by atoms with Crippen LogP contribution in [0.1, 0.15) is 35.6 Å². The number of rotatable bonds is 5. The summed E-state index contributed by atoms with van der Waals surface area (Å²) in [7, 11) is -3.67. The van der Waals surface area contributed by atoms with Gasteiger partial charge in [0.1, 0.15) is 4.90 Å². The molecule has 8 heteroatoms. The van der Waals surface area contributed by atoms with Crippen molar-refractivity contribution in [2.75, 3.05) is 13.1 Å². The van der Waals surface area contributed by atoms with E-state index in [0.29, 0.717) is 30.0 Å². The minimum Gasteiger partial charge on any atom is -0.267 e. The molecule has 0 spiro atoms. The first-order valence-electron chi connectivity index (χ1n) is 7.61. The van der Waals surface area contributed by atoms with Crippen molar-refractivity contribution in [2.24, 2.45) is 0 Å². The fourth-order valence-electron chi connectivity index (χ4n) is 2.64. The summed E-state index contributed by atoms with van der Waals surface area (Å²) in [6.07, 6.45) is 0. The van der Waals surface area contributed by atoms with Gasteiger partial charge in [-0.2, -0.15) is 14.1 Å². The molecule has 1 aromatic heterocycles. The summed E-state index contributed by atoms with van der Waals surface area (Å²) in [5.74, 6) is -0.332. The van der Waals surface area contributed by atoms with Crippen molar-refractivity contribution >= 4 is 38.5 Å². The highest BCUT2D eigenvalue weighted by molar-refractivity contribution is 14.1. The highest BCUT2D eigenvalue weighted by atomic mass is 127. The van der Waals surface area contributed by atoms with Crippen molar-refractivity contribution in [3.63, 3.8) is 0 Å². The number of nitrogens with zero attached hydrogens (tertiary/aromatic N) is 3. The smallest absolute Gasteiger partial charge is 0.267 e. The molecule has 130 valence electrons. The highest BCUT2D eigenvalue weighted by Crippen LogP contribution is 2.24. The standard InChI is InChI=1S/C16H20IN3O3S/c1-5-19(6-2)24(22,23)15-11(3)18-20(12(15)4)16(21)13-9-7-8-10-14(13)17/h7-10H,5-6H2,1-4H3. The van der Waals surface area contributed by atoms with E-state index in [0.717, 1.165) is 3.57 Å². The van der Waals surface area contributed by atoms with Gasteiger partial charge in [0.25, 0.3) is 5.91 Å². The fraction of sp³-hybridized carbons (Fsp3) is 0.375. The number of hydrogen-bond acceptors (Lipinski definition) is 4. The summed E-state index contributed by atoms with van der Waals surface area (Å²) in [6, 6.07) is 7.15. The molecule has 2 aromatic rings. The van der Waals surface area contributed by atoms with E-state index in [1.807, 2.05) is 12.1 Å². The Bertz CT molecular complexity index is 871. The van der Waals surface area contributed by atoms with E-state index < -0.39 is 10.0 Å². The summed E-state index contributed by atoms with van der Waals surface area (Å²) < 4.78 is 29.0. The molecule has 0 aliphatic rings. The van der Waals surface area contributed by atoms with Gasteiger partial charge in [-0.05, 0) is 48.6 Å². The maximum Gasteiger partial charge on any atom is 0.279 e. The normalized spacial score (nSPS) is 11.9. The Labute approximate surface area is 156 Å². The molecule has 0 saturated heterocycles. The minimum absolute atomic E-state index is 0.116. The average Bonchev–Trinajstić information content (AvgIpc) is 2.83. The van der Waals surface area contributed by atoms with Gasteiger partial charge in [0.2, 0.25) is 10.0 Å². The van der Waals surface area contributed by atoms with Crippen LogP contribution in [0, 0.1) is 17.4 Å². The molecule has 0 fully saturated rings. The van der Waals surface area contributed by atoms with Crippen LogP contribution in [0.2, 0.25) is 0 Å². The number of carbonyl (C=O) groups is 1. The van der Waals surface area contributed by atoms with E-state index in [1.165, 1.54) is 8.99 Å². The molecule has 0 bridgehead atoms. The van der Waals surface area contributed by atoms with Crippen molar-refractivity contribution in [1.82, 2.24) is 14.1 Å². The predicted octanol–water partition coefficient (Wildman–Crippen LogP) is 2.82. The zero-order valence-corrected chi connectivity index (χ0v) is 17.1. The zero-order valence-electron chi connectivity index (χ0n) is 14.1. The molecule has 0 N–H and O–H groups in total. The number of hydrogen-bond donors (Lipinski definition) is 0. The van der Waals surface area contributed by atoms with E-state index >= 15 is 0 Å². The summed E-state index contributed by atoms with van der Waals surface area (Å²) in [4.78, 5) is 12.9. The molecule has 0 saturated carbocycles. The molecule has 2 rings (SSSR count). The molecule has 0 aliphatic carbocycles. The topological polar surface area (TPSA) is 72.3 Å². The van der Waals surface area contributed by atoms with Gasteiger partial charge in [-0.15, -0.1) is 0 Å². The molecule has 0 atom stereocenters. The van der Waals surface area contributed by atoms with E-state index in [4.69, 9.17) is 0 Å². The SMILES string of the molecule is CCN(CC)S(=O)(=O)c1c(C)nn(C(=O)c2ccccc2I)c1C. The van der Waals surface area contributed by atoms with Gasteiger partial charge in [0.05, 0.1) is 17.0 Å². The Balaban J connectivity index is 2.59. The maximum absolute atomic E-state index is 12.8. The lowest BCUT2D eigenvalue weighted by atomic mass is 10.2. The first-order chi connectivity index (χ1) is 11.3. The van der Waals surface area contributed by atoms with Crippen LogP contribution in [0.25, 0.3) is 0 Å². The van der Waals surface area contributed by atoms with E-state index in [2.05, 4.69) is 27.7 Å². The molecule has 1 heterocycles. The number of carbonyl (C=O) groups excluding carboxylic acids is 1. The Kier molecular flexibility index (Phi) is 5.82. The Morgan fingerprint density at radius 3 is 2.33 bits per heavy atom. The van der Waals surface area contributed by atoms with Crippen LogP contribution in [-0.4, -0.2) is 41.5 Å². The van der Waals surface area contributed by atoms with Gasteiger partial charge in [-0.1, -0.05) is 26.0 Å². The molecule has 6 nitrogen and oxygen atoms in total. The molecule has 24 heavy (non-hydrogen) atoms. The molecule has 0 amide bonds. The minimum atomic E-state index is -3.67.